The van der Waals surface area contributed by atoms with E-state index in [1.807, 2.05) is 24.3 Å². The van der Waals surface area contributed by atoms with E-state index in [4.69, 9.17) is 0 Å². The van der Waals surface area contributed by atoms with Gasteiger partial charge in [-0.25, -0.2) is 8.42 Å². The normalized spacial score (nSPS) is 16.0. The molecule has 0 N–H and O–H groups in total. The number of hydrogen-bond donors (Lipinski definition) is 0. The second-order valence-electron chi connectivity index (χ2n) is 14.2. The first-order chi connectivity index (χ1) is 24.3. The van der Waals surface area contributed by atoms with E-state index >= 15 is 0 Å². The molecule has 0 saturated carbocycles. The average Bonchev–Trinajstić information content (AvgIpc) is 3.13. The second-order valence-corrected chi connectivity index (χ2v) is 17.2. The molecule has 1 aliphatic carbocycles. The van der Waals surface area contributed by atoms with Crippen molar-refractivity contribution in [1.29, 1.82) is 0 Å². The molecule has 0 saturated heterocycles. The Morgan fingerprint density at radius 1 is 0.540 bits per heavy atom. The maximum absolute atomic E-state index is 13.4. The third-order valence-corrected chi connectivity index (χ3v) is 14.2. The average molecular weight is 684 g/mol. The summed E-state index contributed by atoms with van der Waals surface area (Å²) in [6.45, 7) is 4.65. The molecular formula is C45H33NO2S2. The Hall–Kier alpha value is -5.10. The van der Waals surface area contributed by atoms with Gasteiger partial charge >= 0.3 is 0 Å². The molecule has 242 valence electrons. The van der Waals surface area contributed by atoms with Gasteiger partial charge in [-0.3, -0.25) is 0 Å². The Morgan fingerprint density at radius 2 is 1.14 bits per heavy atom. The van der Waals surface area contributed by atoms with E-state index in [1.54, 1.807) is 18.2 Å². The topological polar surface area (TPSA) is 37.4 Å². The highest BCUT2D eigenvalue weighted by Gasteiger charge is 2.36. The highest BCUT2D eigenvalue weighted by molar-refractivity contribution is 8.02. The minimum atomic E-state index is -3.53. The first-order valence-electron chi connectivity index (χ1n) is 17.1. The molecular weight excluding hydrogens is 651 g/mol. The quantitative estimate of drug-likeness (QED) is 0.182. The van der Waals surface area contributed by atoms with Gasteiger partial charge in [-0.15, -0.1) is 0 Å². The van der Waals surface area contributed by atoms with Gasteiger partial charge in [-0.1, -0.05) is 117 Å². The van der Waals surface area contributed by atoms with E-state index in [2.05, 4.69) is 116 Å². The van der Waals surface area contributed by atoms with E-state index in [0.717, 1.165) is 33.8 Å². The largest absolute Gasteiger partial charge is 0.310 e. The van der Waals surface area contributed by atoms with Crippen LogP contribution >= 0.6 is 11.8 Å². The predicted molar refractivity (Wildman–Crippen MR) is 204 cm³/mol. The number of fused-ring (bicyclic) bond motifs is 7. The number of benzene rings is 7. The smallest absolute Gasteiger partial charge is 0.208 e. The maximum atomic E-state index is 13.4. The fourth-order valence-corrected chi connectivity index (χ4v) is 11.5. The van der Waals surface area contributed by atoms with Crippen LogP contribution in [0.2, 0.25) is 0 Å². The Bertz CT molecular complexity index is 2640. The molecule has 7 aromatic carbocycles. The monoisotopic (exact) mass is 683 g/mol. The van der Waals surface area contributed by atoms with Gasteiger partial charge in [0.15, 0.2) is 0 Å². The Morgan fingerprint density at radius 3 is 1.92 bits per heavy atom. The van der Waals surface area contributed by atoms with Crippen LogP contribution in [-0.2, 0) is 28.1 Å². The molecule has 0 radical (unpaired) electrons. The first kappa shape index (κ1) is 29.8. The van der Waals surface area contributed by atoms with Crippen molar-refractivity contribution in [3.63, 3.8) is 0 Å². The molecule has 0 amide bonds. The summed E-state index contributed by atoms with van der Waals surface area (Å²) in [7, 11) is -3.53. The maximum Gasteiger partial charge on any atom is 0.208 e. The van der Waals surface area contributed by atoms with E-state index in [-0.39, 0.29) is 5.41 Å². The van der Waals surface area contributed by atoms with Crippen LogP contribution in [0.5, 0.6) is 0 Å². The fraction of sp³-hybridized carbons (Fsp3) is 0.111. The summed E-state index contributed by atoms with van der Waals surface area (Å²) in [5.74, 6) is 0. The van der Waals surface area contributed by atoms with E-state index in [0.29, 0.717) is 9.79 Å². The van der Waals surface area contributed by atoms with Crippen LogP contribution < -0.4 is 4.90 Å². The number of anilines is 3. The summed E-state index contributed by atoms with van der Waals surface area (Å²) in [6, 6.07) is 49.1. The molecule has 50 heavy (non-hydrogen) atoms. The summed E-state index contributed by atoms with van der Waals surface area (Å²) in [4.78, 5) is 4.79. The molecule has 0 atom stereocenters. The predicted octanol–water partition coefficient (Wildman–Crippen LogP) is 11.4. The lowest BCUT2D eigenvalue weighted by molar-refractivity contribution is 0.591. The van der Waals surface area contributed by atoms with E-state index in [1.165, 1.54) is 73.0 Å². The number of para-hydroxylation sites is 2. The van der Waals surface area contributed by atoms with Crippen molar-refractivity contribution in [2.45, 2.75) is 51.7 Å². The van der Waals surface area contributed by atoms with Crippen LogP contribution in [-0.4, -0.2) is 8.42 Å². The standard InChI is InChI=1S/C45H33NO2S2/c1-45(2)37-9-3-5-11-39(37)46(40-12-6-4-10-38(40)45)36-19-17-30-23-33-24-32-21-28(15-16-29(32)22-34(33)25-35(30)26-36)31-18-20-44-42(27-31)49-41-13-7-8-14-43(41)50(44,47)48/h3-21,23,25-27H,22,24H2,1-2H3. The Kier molecular flexibility index (Phi) is 6.37. The van der Waals surface area contributed by atoms with Crippen LogP contribution in [0.1, 0.15) is 47.2 Å². The molecule has 2 heterocycles. The van der Waals surface area contributed by atoms with Gasteiger partial charge in [-0.2, -0.15) is 0 Å². The van der Waals surface area contributed by atoms with Crippen LogP contribution in [0.25, 0.3) is 21.9 Å². The minimum absolute atomic E-state index is 0.0847. The minimum Gasteiger partial charge on any atom is -0.310 e. The van der Waals surface area contributed by atoms with Gasteiger partial charge in [0.25, 0.3) is 0 Å². The number of sulfone groups is 1. The van der Waals surface area contributed by atoms with Gasteiger partial charge in [0, 0.05) is 20.9 Å². The lowest BCUT2D eigenvalue weighted by atomic mass is 9.73. The molecule has 0 fully saturated rings. The third-order valence-electron chi connectivity index (χ3n) is 10.9. The molecule has 7 aromatic rings. The number of nitrogens with zero attached hydrogens (tertiary/aromatic N) is 1. The van der Waals surface area contributed by atoms with Gasteiger partial charge in [0.05, 0.1) is 21.2 Å². The van der Waals surface area contributed by atoms with Gasteiger partial charge < -0.3 is 4.90 Å². The molecule has 2 aliphatic heterocycles. The zero-order valence-electron chi connectivity index (χ0n) is 27.8. The molecule has 5 heteroatoms. The van der Waals surface area contributed by atoms with Crippen molar-refractivity contribution in [2.24, 2.45) is 0 Å². The molecule has 0 spiro atoms. The summed E-state index contributed by atoms with van der Waals surface area (Å²) in [5.41, 5.74) is 13.8. The summed E-state index contributed by atoms with van der Waals surface area (Å²) < 4.78 is 26.7. The van der Waals surface area contributed by atoms with Crippen molar-refractivity contribution in [2.75, 3.05) is 4.90 Å². The number of rotatable bonds is 2. The van der Waals surface area contributed by atoms with Crippen LogP contribution in [0.4, 0.5) is 17.1 Å². The van der Waals surface area contributed by atoms with Crippen LogP contribution in [0.3, 0.4) is 0 Å². The summed E-state index contributed by atoms with van der Waals surface area (Å²) >= 11 is 1.54. The third kappa shape index (κ3) is 4.40. The van der Waals surface area contributed by atoms with Gasteiger partial charge in [0.2, 0.25) is 9.84 Å². The van der Waals surface area contributed by atoms with Crippen molar-refractivity contribution in [1.82, 2.24) is 0 Å². The highest BCUT2D eigenvalue weighted by Crippen LogP contribution is 2.52. The van der Waals surface area contributed by atoms with Crippen molar-refractivity contribution >= 4 is 49.4 Å². The second kappa shape index (κ2) is 10.7. The zero-order chi connectivity index (χ0) is 33.8. The molecule has 3 aliphatic rings. The van der Waals surface area contributed by atoms with Crippen molar-refractivity contribution in [3.8, 4) is 11.1 Å². The molecule has 0 aromatic heterocycles. The van der Waals surface area contributed by atoms with Crippen LogP contribution in [0, 0.1) is 0 Å². The molecule has 0 unspecified atom stereocenters. The highest BCUT2D eigenvalue weighted by atomic mass is 32.2. The fourth-order valence-electron chi connectivity index (χ4n) is 8.33. The first-order valence-corrected chi connectivity index (χ1v) is 19.4. The van der Waals surface area contributed by atoms with Crippen LogP contribution in [0.15, 0.2) is 159 Å². The van der Waals surface area contributed by atoms with E-state index in [9.17, 15) is 8.42 Å². The zero-order valence-corrected chi connectivity index (χ0v) is 29.4. The molecule has 0 bridgehead atoms. The summed E-state index contributed by atoms with van der Waals surface area (Å²) in [6.07, 6.45) is 1.77. The molecule has 10 rings (SSSR count). The van der Waals surface area contributed by atoms with E-state index < -0.39 is 9.84 Å². The molecule has 3 nitrogen and oxygen atoms in total. The Balaban J connectivity index is 0.991. The van der Waals surface area contributed by atoms with Crippen molar-refractivity contribution in [3.05, 3.63) is 173 Å². The lowest BCUT2D eigenvalue weighted by Crippen LogP contribution is -2.30. The van der Waals surface area contributed by atoms with Gasteiger partial charge in [0.1, 0.15) is 0 Å². The summed E-state index contributed by atoms with van der Waals surface area (Å²) in [5, 5.41) is 2.50. The Labute approximate surface area is 297 Å². The van der Waals surface area contributed by atoms with Gasteiger partial charge in [-0.05, 0) is 117 Å². The lowest BCUT2D eigenvalue weighted by Gasteiger charge is -2.42. The van der Waals surface area contributed by atoms with Crippen molar-refractivity contribution < 1.29 is 8.42 Å². The number of hydrogen-bond acceptors (Lipinski definition) is 4. The SMILES string of the molecule is CC1(C)c2ccccc2N(c2ccc3cc4c(cc3c2)Cc2ccc(-c3ccc5c(c3)Sc3ccccc3S5(=O)=O)cc2C4)c2ccccc21.